The molecule has 10 rings (SSSR count). The molecule has 0 bridgehead atoms. The van der Waals surface area contributed by atoms with Crippen LogP contribution in [-0.4, -0.2) is 102 Å². The maximum Gasteiger partial charge on any atom is 0.394 e. The summed E-state index contributed by atoms with van der Waals surface area (Å²) in [6.07, 6.45) is -1.23. The van der Waals surface area contributed by atoms with Crippen LogP contribution in [0.25, 0.3) is 0 Å². The van der Waals surface area contributed by atoms with E-state index in [4.69, 9.17) is 92.9 Å². The largest absolute Gasteiger partial charge is 0.486 e. The molecule has 0 spiro atoms. The minimum absolute atomic E-state index is 0.0879. The molecule has 85 heavy (non-hydrogen) atoms. The van der Waals surface area contributed by atoms with E-state index in [0.29, 0.717) is 39.5 Å². The Kier molecular flexibility index (Phi) is 22.3. The maximum absolute atomic E-state index is 12.6. The Bertz CT molecular complexity index is 3770. The van der Waals surface area contributed by atoms with Crippen LogP contribution < -0.4 is 72.2 Å². The molecule has 0 fully saturated rings. The average Bonchev–Trinajstić information content (AvgIpc) is 1.50. The molecule has 460 valence electrons. The van der Waals surface area contributed by atoms with Gasteiger partial charge in [0, 0.05) is 11.8 Å². The number of aliphatic imine (C=N–C) groups is 2. The number of anilines is 2. The summed E-state index contributed by atoms with van der Waals surface area (Å²) >= 11 is 11.9. The number of hydrogen-bond acceptors (Lipinski definition) is 18. The summed E-state index contributed by atoms with van der Waals surface area (Å²) in [5.41, 5.74) is 25.3. The van der Waals surface area contributed by atoms with E-state index in [9.17, 15) is 33.7 Å². The highest BCUT2D eigenvalue weighted by Crippen LogP contribution is 2.38. The van der Waals surface area contributed by atoms with Crippen molar-refractivity contribution in [3.05, 3.63) is 154 Å². The summed E-state index contributed by atoms with van der Waals surface area (Å²) in [4.78, 5) is 6.55. The fourth-order valence-corrected chi connectivity index (χ4v) is 13.3. The van der Waals surface area contributed by atoms with E-state index in [-0.39, 0.29) is 55.0 Å². The lowest BCUT2D eigenvalue weighted by Gasteiger charge is -2.32. The molecule has 0 aliphatic carbocycles. The summed E-state index contributed by atoms with van der Waals surface area (Å²) in [6.45, 7) is 7.03. The third-order valence-corrected chi connectivity index (χ3v) is 17.9. The Morgan fingerprint density at radius 1 is 0.541 bits per heavy atom. The highest BCUT2D eigenvalue weighted by atomic mass is 35.5. The quantitative estimate of drug-likeness (QED) is 0.0531. The summed E-state index contributed by atoms with van der Waals surface area (Å²) < 4.78 is 155. The minimum atomic E-state index is -4.67. The number of nitrogens with two attached hydrogens (primary N) is 6. The second-order valence-electron chi connectivity index (χ2n) is 18.4. The van der Waals surface area contributed by atoms with Gasteiger partial charge in [-0.1, -0.05) is 110 Å². The second-order valence-corrected chi connectivity index (χ2v) is 26.6. The number of hydrogen-bond donors (Lipinski definition) is 12. The predicted octanol–water partition coefficient (Wildman–Crippen LogP) is 3.45. The van der Waals surface area contributed by atoms with Gasteiger partial charge in [0.2, 0.25) is 40.1 Å². The third-order valence-electron chi connectivity index (χ3n) is 12.2. The average molecular weight is 1320 g/mol. The monoisotopic (exact) mass is 1310 g/mol. The number of fused-ring (bicyclic) bond motifs is 4. The highest BCUT2D eigenvalue weighted by molar-refractivity contribution is 7.91. The lowest BCUT2D eigenvalue weighted by atomic mass is 9.98. The molecule has 28 nitrogen and oxygen atoms in total. The van der Waals surface area contributed by atoms with Crippen molar-refractivity contribution in [2.75, 3.05) is 37.1 Å². The molecule has 4 unspecified atom stereocenters. The van der Waals surface area contributed by atoms with Crippen LogP contribution in [0.1, 0.15) is 47.9 Å². The van der Waals surface area contributed by atoms with E-state index in [2.05, 4.69) is 30.1 Å². The zero-order valence-corrected chi connectivity index (χ0v) is 50.5. The van der Waals surface area contributed by atoms with Crippen molar-refractivity contribution < 1.29 is 70.1 Å². The van der Waals surface area contributed by atoms with E-state index in [1.54, 1.807) is 0 Å². The number of ether oxygens (including phenoxy) is 4. The first kappa shape index (κ1) is 66.9. The Labute approximate surface area is 501 Å². The van der Waals surface area contributed by atoms with Gasteiger partial charge in [-0.25, -0.2) is 53.9 Å². The normalized spacial score (nSPS) is 17.4. The van der Waals surface area contributed by atoms with Crippen LogP contribution in [0.15, 0.2) is 151 Å². The molecule has 4 aliphatic rings. The van der Waals surface area contributed by atoms with Gasteiger partial charge in [0.15, 0.2) is 34.9 Å². The van der Waals surface area contributed by atoms with E-state index < -0.39 is 72.6 Å². The van der Waals surface area contributed by atoms with Gasteiger partial charge in [0.25, 0.3) is 0 Å². The third kappa shape index (κ3) is 19.4. The van der Waals surface area contributed by atoms with Gasteiger partial charge in [-0.3, -0.25) is 9.11 Å². The number of nitrogens with one attached hydrogen (secondary N) is 4. The molecular weight excluding hydrogens is 1260 g/mol. The van der Waals surface area contributed by atoms with Crippen molar-refractivity contribution in [2.45, 2.75) is 70.7 Å². The molecule has 18 N–H and O–H groups in total. The summed E-state index contributed by atoms with van der Waals surface area (Å²) in [5, 5.41) is 16.0. The molecule has 6 aromatic carbocycles. The molecule has 0 aromatic heterocycles. The fourth-order valence-electron chi connectivity index (χ4n) is 8.12. The Balaban J connectivity index is 0.000000181. The Morgan fingerprint density at radius 2 is 0.859 bits per heavy atom. The van der Waals surface area contributed by atoms with Gasteiger partial charge in [-0.05, 0) is 70.8 Å². The number of primary sulfonamides is 2. The van der Waals surface area contributed by atoms with Gasteiger partial charge in [0.05, 0.1) is 46.8 Å². The zero-order chi connectivity index (χ0) is 62.7. The van der Waals surface area contributed by atoms with Crippen LogP contribution in [0.4, 0.5) is 11.4 Å². The van der Waals surface area contributed by atoms with Crippen molar-refractivity contribution in [3.8, 4) is 23.0 Å². The summed E-state index contributed by atoms with van der Waals surface area (Å²) in [6, 6.07) is 34.6. The van der Waals surface area contributed by atoms with Crippen LogP contribution in [-0.2, 0) is 63.6 Å². The summed E-state index contributed by atoms with van der Waals surface area (Å²) in [7, 11) is -20.8. The van der Waals surface area contributed by atoms with Crippen LogP contribution in [0, 0.1) is 0 Å². The topological polar surface area (TPSA) is 477 Å². The zero-order valence-electron chi connectivity index (χ0n) is 44.9. The first-order valence-corrected chi connectivity index (χ1v) is 32.9. The smallest absolute Gasteiger partial charge is 0.394 e. The van der Waals surface area contributed by atoms with Crippen molar-refractivity contribution in [3.63, 3.8) is 0 Å². The van der Waals surface area contributed by atoms with E-state index in [0.717, 1.165) is 57.4 Å². The number of rotatable bonds is 10. The van der Waals surface area contributed by atoms with Crippen LogP contribution in [0.3, 0.4) is 0 Å². The highest BCUT2D eigenvalue weighted by Gasteiger charge is 2.36. The van der Waals surface area contributed by atoms with Gasteiger partial charge >= 0.3 is 10.4 Å². The van der Waals surface area contributed by atoms with Crippen molar-refractivity contribution in [2.24, 2.45) is 43.2 Å². The van der Waals surface area contributed by atoms with Crippen molar-refractivity contribution in [1.82, 2.24) is 9.44 Å². The summed E-state index contributed by atoms with van der Waals surface area (Å²) in [5.74, 6) is 2.87. The standard InChI is InChI=1S/2C15H16ClN3O4S2.2C10H13N3O2.H2O4S/c2*1-9(10-5-3-2-4-6-10)15-18-12-7-11(16)13(24(17,20)21)8-14(12)25(22,23)19-15;2*11-10(12)13-6-7-1-2-8-9(5-7)15-4-3-14-8;1-5(2,3)4/h2*2-9,15,18-19H,1H3,(H2,17,20,21);2*1-2,5H,3-4,6H2,(H4,11,12,13);(H2,1,2,3,4). The number of halogens is 2. The second kappa shape index (κ2) is 28.3. The lowest BCUT2D eigenvalue weighted by Crippen LogP contribution is -2.47. The van der Waals surface area contributed by atoms with Gasteiger partial charge in [-0.2, -0.15) is 17.9 Å². The van der Waals surface area contributed by atoms with E-state index in [1.807, 2.05) is 111 Å². The van der Waals surface area contributed by atoms with Crippen molar-refractivity contribution in [1.29, 1.82) is 0 Å². The van der Waals surface area contributed by atoms with Crippen molar-refractivity contribution >= 4 is 97.0 Å². The first-order valence-electron chi connectivity index (χ1n) is 24.7. The molecule has 4 atom stereocenters. The maximum atomic E-state index is 12.6. The number of sulfonamides is 4. The van der Waals surface area contributed by atoms with E-state index in [1.165, 1.54) is 12.1 Å². The molecule has 0 saturated heterocycles. The molecule has 4 heterocycles. The Hall–Kier alpha value is -7.25. The van der Waals surface area contributed by atoms with Gasteiger partial charge in [-0.15, -0.1) is 0 Å². The number of nitrogens with zero attached hydrogens (tertiary/aromatic N) is 2. The molecule has 6 aromatic rings. The minimum Gasteiger partial charge on any atom is -0.486 e. The fraction of sp³-hybridized carbons (Fsp3) is 0.240. The van der Waals surface area contributed by atoms with Gasteiger partial charge in [0.1, 0.15) is 46.0 Å². The molecule has 0 radical (unpaired) electrons. The van der Waals surface area contributed by atoms with Gasteiger partial charge < -0.3 is 52.5 Å². The predicted molar refractivity (Wildman–Crippen MR) is 319 cm³/mol. The molecule has 0 saturated carbocycles. The Morgan fingerprint density at radius 3 is 1.16 bits per heavy atom. The van der Waals surface area contributed by atoms with Crippen LogP contribution in [0.2, 0.25) is 10.0 Å². The lowest BCUT2D eigenvalue weighted by molar-refractivity contribution is 0.171. The molecule has 0 amide bonds. The van der Waals surface area contributed by atoms with Crippen LogP contribution in [0.5, 0.6) is 23.0 Å². The SMILES string of the molecule is CC(c1ccccc1)C1Nc2cc(Cl)c(S(N)(=O)=O)cc2S(=O)(=O)N1.CC(c1ccccc1)C1Nc2cc(Cl)c(S(N)(=O)=O)cc2S(=O)(=O)N1.NC(N)=NCc1ccc2c(c1)OCCO2.NC(N)=NCc1ccc2c(c1)OCCO2.O=S(=O)(O)O. The first-order chi connectivity index (χ1) is 39.7. The van der Waals surface area contributed by atoms with E-state index >= 15 is 0 Å². The molecule has 4 aliphatic heterocycles. The molecule has 35 heteroatoms. The molecular formula is C50H60Cl2N12O16S5. The number of guanidine groups is 2. The number of benzene rings is 6. The van der Waals surface area contributed by atoms with Crippen LogP contribution >= 0.6 is 23.2 Å².